The molecule has 0 unspecified atom stereocenters. The van der Waals surface area contributed by atoms with Gasteiger partial charge in [0.2, 0.25) is 0 Å². The van der Waals surface area contributed by atoms with E-state index in [-0.39, 0.29) is 89.6 Å². The minimum absolute atomic E-state index is 0.0132. The Morgan fingerprint density at radius 2 is 1.59 bits per heavy atom. The van der Waals surface area contributed by atoms with Crippen molar-refractivity contribution in [1.29, 1.82) is 0 Å². The quantitative estimate of drug-likeness (QED) is 0.0374. The van der Waals surface area contributed by atoms with Gasteiger partial charge in [-0.1, -0.05) is 114 Å². The molecule has 490 valence electrons. The number of carbonyl (C=O) groups excluding carboxylic acids is 3. The molecule has 0 aromatic rings. The maximum absolute atomic E-state index is 14.5. The number of carbonyl (C=O) groups is 3. The molecule has 18 atom stereocenters. The van der Waals surface area contributed by atoms with E-state index in [1.54, 1.807) is 0 Å². The topological polar surface area (TPSA) is 176 Å². The standard InChI is InChI=1S/C67H115NO15Si3/c1-20-86(21-2,22-3)81-58-42-66(49(9)35-45(5)43-68(66)63(72)74-33-34-75-84(15,16)17)80-62(58)57-37-44(4)36-53(76-57)39-48(8)61(82-85(18,19)64(12,13)14)47(7)38-46(6)59(70)60(71)56-41-55-54(77-56)40-50(10)67(79-55)31-30-65(83-67)29-26-28-52(78-65)27-24-23-25-32-73-51(11)69/h24,26-28,36,44-47,49-50,52,54-58,60-62,71H,8,20-23,25,29-35,37-43H2,1-7,9-19H3/b27-24+/t44-,45-,46-,47+,49+,50-,52-,54-,55-,56+,57-,58-,60-,61+,62-,65+,66+,67-/m1/s1. The van der Waals surface area contributed by atoms with Gasteiger partial charge in [-0.15, -0.1) is 0 Å². The van der Waals surface area contributed by atoms with Gasteiger partial charge in [-0.05, 0) is 124 Å². The summed E-state index contributed by atoms with van der Waals surface area (Å²) in [6.45, 7) is 44.9. The second-order valence-electron chi connectivity index (χ2n) is 29.7. The van der Waals surface area contributed by atoms with Crippen molar-refractivity contribution in [3.8, 4) is 0 Å². The van der Waals surface area contributed by atoms with Crippen molar-refractivity contribution in [2.24, 2.45) is 35.5 Å². The summed E-state index contributed by atoms with van der Waals surface area (Å²) in [5.41, 5.74) is -0.0530. The smallest absolute Gasteiger partial charge is 0.412 e. The molecule has 5 fully saturated rings. The summed E-state index contributed by atoms with van der Waals surface area (Å²) in [6, 6.07) is 2.95. The van der Waals surface area contributed by atoms with E-state index < -0.39 is 72.6 Å². The van der Waals surface area contributed by atoms with E-state index >= 15 is 0 Å². The van der Waals surface area contributed by atoms with Crippen molar-refractivity contribution in [3.05, 3.63) is 48.3 Å². The highest BCUT2D eigenvalue weighted by atomic mass is 28.4. The van der Waals surface area contributed by atoms with Crippen LogP contribution in [0.1, 0.15) is 167 Å². The zero-order valence-electron chi connectivity index (χ0n) is 56.3. The highest BCUT2D eigenvalue weighted by molar-refractivity contribution is 6.74. The monoisotopic (exact) mass is 1260 g/mol. The minimum Gasteiger partial charge on any atom is -0.492 e. The molecule has 0 radical (unpaired) electrons. The molecule has 3 spiro atoms. The van der Waals surface area contributed by atoms with Crippen molar-refractivity contribution in [2.45, 2.75) is 295 Å². The van der Waals surface area contributed by atoms with Crippen LogP contribution in [0.3, 0.4) is 0 Å². The van der Waals surface area contributed by atoms with Crippen LogP contribution in [0.4, 0.5) is 4.79 Å². The van der Waals surface area contributed by atoms with Crippen LogP contribution in [0.2, 0.25) is 55.9 Å². The van der Waals surface area contributed by atoms with Gasteiger partial charge in [-0.2, -0.15) is 0 Å². The van der Waals surface area contributed by atoms with Gasteiger partial charge in [0, 0.05) is 69.7 Å². The van der Waals surface area contributed by atoms with E-state index in [1.807, 2.05) is 24.0 Å². The number of allylic oxidation sites excluding steroid dienone is 3. The van der Waals surface area contributed by atoms with Gasteiger partial charge >= 0.3 is 12.1 Å². The molecule has 7 aliphatic heterocycles. The average molecular weight is 1260 g/mol. The Morgan fingerprint density at radius 1 is 0.884 bits per heavy atom. The predicted octanol–water partition coefficient (Wildman–Crippen LogP) is 14.1. The highest BCUT2D eigenvalue weighted by Crippen LogP contribution is 2.54. The van der Waals surface area contributed by atoms with Crippen LogP contribution >= 0.6 is 0 Å². The van der Waals surface area contributed by atoms with Gasteiger partial charge < -0.3 is 56.3 Å². The molecule has 7 heterocycles. The fourth-order valence-corrected chi connectivity index (χ4v) is 19.4. The number of hydrogen-bond donors (Lipinski definition) is 1. The fourth-order valence-electron chi connectivity index (χ4n) is 14.5. The first-order valence-corrected chi connectivity index (χ1v) is 42.1. The first kappa shape index (κ1) is 70.9. The first-order valence-electron chi connectivity index (χ1n) is 33.3. The van der Waals surface area contributed by atoms with Gasteiger partial charge in [0.25, 0.3) is 0 Å². The lowest BCUT2D eigenvalue weighted by Gasteiger charge is -2.49. The van der Waals surface area contributed by atoms with Gasteiger partial charge in [-0.25, -0.2) is 4.79 Å². The van der Waals surface area contributed by atoms with Crippen molar-refractivity contribution in [2.75, 3.05) is 26.4 Å². The normalized spacial score (nSPS) is 34.7. The Bertz CT molecular complexity index is 2390. The molecule has 7 rings (SSSR count). The van der Waals surface area contributed by atoms with Crippen LogP contribution in [0.25, 0.3) is 0 Å². The third kappa shape index (κ3) is 16.9. The van der Waals surface area contributed by atoms with Crippen molar-refractivity contribution in [3.63, 3.8) is 0 Å². The third-order valence-electron chi connectivity index (χ3n) is 20.6. The number of likely N-dealkylation sites (tertiary alicyclic amines) is 1. The Balaban J connectivity index is 1.02. The Hall–Kier alpha value is -2.54. The lowest BCUT2D eigenvalue weighted by molar-refractivity contribution is -0.365. The SMILES string of the molecule is C=C(CC1=C[C@@H](C)C[C@H]([C@H]2O[C@@]3(C[C@H]2O[Si](CC)(CC)CC)[C@@H](C)C[C@@H](C)CN3C(=O)OCCO[Si](C)(C)C)O1)[C@@H](O[Si](C)(C)C(C)(C)C)[C@@H](C)C[C@@H](C)C(=O)[C@H](O)[C@@H]1C[C@H]2O[C@@]3(CC[C@]4(CC=C[C@@H](/C=C/CCCOC(C)=O)O4)O3)[C@H](C)C[C@H]2O1. The molecule has 0 saturated carbocycles. The van der Waals surface area contributed by atoms with E-state index in [9.17, 15) is 19.5 Å². The van der Waals surface area contributed by atoms with Crippen LogP contribution in [-0.2, 0) is 60.8 Å². The molecule has 1 N–H and O–H groups in total. The number of ketones is 1. The van der Waals surface area contributed by atoms with Crippen LogP contribution < -0.4 is 0 Å². The van der Waals surface area contributed by atoms with Gasteiger partial charge in [-0.3, -0.25) is 14.5 Å². The lowest BCUT2D eigenvalue weighted by atomic mass is 9.80. The summed E-state index contributed by atoms with van der Waals surface area (Å²) >= 11 is 0. The highest BCUT2D eigenvalue weighted by Gasteiger charge is 2.63. The zero-order valence-corrected chi connectivity index (χ0v) is 59.3. The number of hydrogen-bond acceptors (Lipinski definition) is 15. The number of aliphatic hydroxyl groups excluding tert-OH is 1. The van der Waals surface area contributed by atoms with E-state index in [2.05, 4.69) is 127 Å². The third-order valence-corrected chi connectivity index (χ3v) is 30.8. The maximum Gasteiger partial charge on any atom is 0.412 e. The van der Waals surface area contributed by atoms with Crippen LogP contribution in [-0.4, -0.2) is 151 Å². The van der Waals surface area contributed by atoms with E-state index in [0.29, 0.717) is 71.1 Å². The summed E-state index contributed by atoms with van der Waals surface area (Å²) < 4.78 is 73.7. The number of rotatable bonds is 26. The molecule has 0 aromatic carbocycles. The Kier molecular flexibility index (Phi) is 23.9. The predicted molar refractivity (Wildman–Crippen MR) is 342 cm³/mol. The number of aliphatic hydroxyl groups is 1. The average Bonchev–Trinajstić information content (AvgIpc) is 1.65. The van der Waals surface area contributed by atoms with Gasteiger partial charge in [0.1, 0.15) is 24.9 Å². The summed E-state index contributed by atoms with van der Waals surface area (Å²) in [7, 11) is -6.40. The summed E-state index contributed by atoms with van der Waals surface area (Å²) in [6.07, 6.45) is 13.3. The van der Waals surface area contributed by atoms with Gasteiger partial charge in [0.05, 0.1) is 55.6 Å². The Morgan fingerprint density at radius 3 is 2.26 bits per heavy atom. The molecular formula is C67H115NO15Si3. The molecule has 0 aromatic heterocycles. The minimum atomic E-state index is -2.41. The Labute approximate surface area is 521 Å². The summed E-state index contributed by atoms with van der Waals surface area (Å²) in [4.78, 5) is 41.9. The summed E-state index contributed by atoms with van der Waals surface area (Å²) in [5.74, 6) is -1.63. The second kappa shape index (κ2) is 29.0. The van der Waals surface area contributed by atoms with Crippen LogP contribution in [0, 0.1) is 35.5 Å². The summed E-state index contributed by atoms with van der Waals surface area (Å²) in [5, 5.41) is 11.8. The molecule has 86 heavy (non-hydrogen) atoms. The zero-order chi connectivity index (χ0) is 63.4. The number of fused-ring (bicyclic) bond motifs is 1. The number of esters is 1. The van der Waals surface area contributed by atoms with Crippen LogP contribution in [0.15, 0.2) is 48.3 Å². The number of nitrogens with zero attached hydrogens (tertiary/aromatic N) is 1. The molecular weight excluding hydrogens is 1140 g/mol. The molecule has 7 aliphatic rings. The number of piperidine rings is 1. The molecule has 0 bridgehead atoms. The number of Topliss-reactive ketones (excluding diaryl/α,β-unsaturated/α-hetero) is 1. The molecule has 19 heteroatoms. The number of ether oxygens (including phenoxy) is 8. The van der Waals surface area contributed by atoms with Crippen LogP contribution in [0.5, 0.6) is 0 Å². The largest absolute Gasteiger partial charge is 0.492 e. The van der Waals surface area contributed by atoms with E-state index in [0.717, 1.165) is 55.1 Å². The first-order chi connectivity index (χ1) is 40.2. The molecule has 16 nitrogen and oxygen atoms in total. The molecule has 0 aliphatic carbocycles. The lowest BCUT2D eigenvalue weighted by Crippen LogP contribution is -2.61. The second-order valence-corrected chi connectivity index (χ2v) is 43.7. The number of unbranched alkanes of at least 4 members (excludes halogenated alkanes) is 1. The molecule has 1 amide bonds. The maximum atomic E-state index is 14.5. The van der Waals surface area contributed by atoms with Crippen molar-refractivity contribution in [1.82, 2.24) is 4.90 Å². The van der Waals surface area contributed by atoms with Crippen molar-refractivity contribution >= 4 is 42.8 Å². The van der Waals surface area contributed by atoms with Gasteiger partial charge in [0.15, 0.2) is 48.0 Å². The fraction of sp³-hybridized carbons (Fsp3) is 0.836. The van der Waals surface area contributed by atoms with E-state index in [4.69, 9.17) is 57.8 Å². The van der Waals surface area contributed by atoms with Crippen molar-refractivity contribution < 1.29 is 70.7 Å². The number of amides is 1. The molecule has 5 saturated heterocycles. The van der Waals surface area contributed by atoms with E-state index in [1.165, 1.54) is 6.92 Å².